The molecule has 0 aliphatic carbocycles. The molecule has 0 saturated heterocycles. The van der Waals surface area contributed by atoms with Gasteiger partial charge in [-0.25, -0.2) is 9.78 Å². The molecule has 0 aliphatic heterocycles. The molecule has 0 radical (unpaired) electrons. The predicted molar refractivity (Wildman–Crippen MR) is 118 cm³/mol. The number of esters is 1. The normalized spacial score (nSPS) is 11.9. The fourth-order valence-corrected chi connectivity index (χ4v) is 3.22. The van der Waals surface area contributed by atoms with Crippen LogP contribution in [0.1, 0.15) is 48.6 Å². The maximum absolute atomic E-state index is 12.4. The number of fused-ring (bicyclic) bond motifs is 1. The first-order chi connectivity index (χ1) is 15.0. The maximum Gasteiger partial charge on any atom is 0.337 e. The fourth-order valence-electron chi connectivity index (χ4n) is 3.22. The van der Waals surface area contributed by atoms with Crippen LogP contribution < -0.4 is 20.3 Å². The number of aromatic amines is 1. The van der Waals surface area contributed by atoms with E-state index in [0.29, 0.717) is 53.5 Å². The summed E-state index contributed by atoms with van der Waals surface area (Å²) in [4.78, 5) is 31.5. The molecule has 0 fully saturated rings. The summed E-state index contributed by atoms with van der Waals surface area (Å²) in [6.45, 7) is 7.32. The molecule has 3 aromatic rings. The number of benzene rings is 2. The lowest BCUT2D eigenvalue weighted by Gasteiger charge is -2.17. The van der Waals surface area contributed by atoms with Crippen LogP contribution in [0.5, 0.6) is 11.5 Å². The molecule has 1 heterocycles. The number of ether oxygens (including phenoxy) is 3. The molecule has 8 heteroatoms. The second kappa shape index (κ2) is 10.1. The van der Waals surface area contributed by atoms with Gasteiger partial charge in [0, 0.05) is 6.04 Å². The van der Waals surface area contributed by atoms with Gasteiger partial charge in [0.2, 0.25) is 0 Å². The average molecular weight is 425 g/mol. The Morgan fingerprint density at radius 1 is 1.10 bits per heavy atom. The van der Waals surface area contributed by atoms with E-state index in [1.807, 2.05) is 39.0 Å². The Morgan fingerprint density at radius 2 is 1.84 bits per heavy atom. The third-order valence-corrected chi connectivity index (χ3v) is 4.82. The summed E-state index contributed by atoms with van der Waals surface area (Å²) in [5.74, 6) is 1.41. The van der Waals surface area contributed by atoms with E-state index in [0.717, 1.165) is 5.56 Å². The minimum absolute atomic E-state index is 0.0303. The summed E-state index contributed by atoms with van der Waals surface area (Å²) in [6, 6.07) is 10.5. The van der Waals surface area contributed by atoms with E-state index in [1.165, 1.54) is 7.11 Å². The standard InChI is InChI=1S/C23H27N3O5/c1-5-30-19-10-8-15(12-20(19)31-6-2)14(3)24-13-21-25-18-11-16(23(28)29-4)7-9-17(18)22(27)26-21/h7-12,14,24H,5-6,13H2,1-4H3,(H,25,26,27)/t14-/m1/s1. The second-order valence-corrected chi connectivity index (χ2v) is 6.91. The Balaban J connectivity index is 1.79. The van der Waals surface area contributed by atoms with Gasteiger partial charge in [0.05, 0.1) is 43.3 Å². The van der Waals surface area contributed by atoms with E-state index in [2.05, 4.69) is 15.3 Å². The zero-order valence-electron chi connectivity index (χ0n) is 18.2. The van der Waals surface area contributed by atoms with Gasteiger partial charge in [0.15, 0.2) is 11.5 Å². The lowest BCUT2D eigenvalue weighted by atomic mass is 10.1. The van der Waals surface area contributed by atoms with Gasteiger partial charge < -0.3 is 24.5 Å². The highest BCUT2D eigenvalue weighted by molar-refractivity contribution is 5.93. The zero-order valence-corrected chi connectivity index (χ0v) is 18.2. The number of aromatic nitrogens is 2. The van der Waals surface area contributed by atoms with Crippen LogP contribution in [0.2, 0.25) is 0 Å². The smallest absolute Gasteiger partial charge is 0.337 e. The van der Waals surface area contributed by atoms with Crippen LogP contribution in [-0.4, -0.2) is 36.3 Å². The first-order valence-electron chi connectivity index (χ1n) is 10.2. The number of hydrogen-bond donors (Lipinski definition) is 2. The first-order valence-corrected chi connectivity index (χ1v) is 10.2. The highest BCUT2D eigenvalue weighted by Crippen LogP contribution is 2.30. The highest BCUT2D eigenvalue weighted by Gasteiger charge is 2.13. The van der Waals surface area contributed by atoms with Crippen molar-refractivity contribution in [2.24, 2.45) is 0 Å². The summed E-state index contributed by atoms with van der Waals surface area (Å²) in [5, 5.41) is 3.77. The lowest BCUT2D eigenvalue weighted by molar-refractivity contribution is 0.0601. The molecule has 3 rings (SSSR count). The van der Waals surface area contributed by atoms with Crippen LogP contribution in [0.3, 0.4) is 0 Å². The molecular weight excluding hydrogens is 398 g/mol. The molecular formula is C23H27N3O5. The van der Waals surface area contributed by atoms with E-state index < -0.39 is 5.97 Å². The molecule has 31 heavy (non-hydrogen) atoms. The number of carbonyl (C=O) groups excluding carboxylic acids is 1. The summed E-state index contributed by atoms with van der Waals surface area (Å²) < 4.78 is 16.1. The van der Waals surface area contributed by atoms with Gasteiger partial charge in [-0.1, -0.05) is 6.07 Å². The van der Waals surface area contributed by atoms with Crippen molar-refractivity contribution in [3.63, 3.8) is 0 Å². The summed E-state index contributed by atoms with van der Waals surface area (Å²) in [5.41, 5.74) is 1.54. The molecule has 2 N–H and O–H groups in total. The van der Waals surface area contributed by atoms with Crippen molar-refractivity contribution in [1.29, 1.82) is 0 Å². The lowest BCUT2D eigenvalue weighted by Crippen LogP contribution is -2.22. The number of H-pyrrole nitrogens is 1. The topological polar surface area (TPSA) is 103 Å². The zero-order chi connectivity index (χ0) is 22.4. The van der Waals surface area contributed by atoms with E-state index in [4.69, 9.17) is 14.2 Å². The third-order valence-electron chi connectivity index (χ3n) is 4.82. The number of carbonyl (C=O) groups is 1. The SMILES string of the molecule is CCOc1ccc([C@@H](C)NCc2nc3cc(C(=O)OC)ccc3c(=O)[nH]2)cc1OCC. The van der Waals surface area contributed by atoms with E-state index in [1.54, 1.807) is 18.2 Å². The second-order valence-electron chi connectivity index (χ2n) is 6.91. The Bertz CT molecular complexity index is 1130. The van der Waals surface area contributed by atoms with Crippen LogP contribution in [0, 0.1) is 0 Å². The van der Waals surface area contributed by atoms with Gasteiger partial charge in [0.1, 0.15) is 5.82 Å². The van der Waals surface area contributed by atoms with Crippen molar-refractivity contribution in [1.82, 2.24) is 15.3 Å². The highest BCUT2D eigenvalue weighted by atomic mass is 16.5. The van der Waals surface area contributed by atoms with Gasteiger partial charge in [0.25, 0.3) is 5.56 Å². The van der Waals surface area contributed by atoms with Gasteiger partial charge in [-0.15, -0.1) is 0 Å². The predicted octanol–water partition coefficient (Wildman–Crippen LogP) is 3.36. The van der Waals surface area contributed by atoms with Crippen molar-refractivity contribution in [3.8, 4) is 11.5 Å². The molecule has 1 aromatic heterocycles. The quantitative estimate of drug-likeness (QED) is 0.507. The number of hydrogen-bond acceptors (Lipinski definition) is 7. The van der Waals surface area contributed by atoms with Crippen LogP contribution in [0.4, 0.5) is 0 Å². The maximum atomic E-state index is 12.4. The summed E-state index contributed by atoms with van der Waals surface area (Å²) >= 11 is 0. The largest absolute Gasteiger partial charge is 0.490 e. The fraction of sp³-hybridized carbons (Fsp3) is 0.348. The van der Waals surface area contributed by atoms with E-state index in [-0.39, 0.29) is 11.6 Å². The van der Waals surface area contributed by atoms with Gasteiger partial charge >= 0.3 is 5.97 Å². The molecule has 0 saturated carbocycles. The minimum Gasteiger partial charge on any atom is -0.490 e. The molecule has 0 bridgehead atoms. The van der Waals surface area contributed by atoms with Gasteiger partial charge in [-0.2, -0.15) is 0 Å². The number of methoxy groups -OCH3 is 1. The van der Waals surface area contributed by atoms with Crippen LogP contribution in [0.25, 0.3) is 10.9 Å². The van der Waals surface area contributed by atoms with Crippen molar-refractivity contribution in [2.75, 3.05) is 20.3 Å². The summed E-state index contributed by atoms with van der Waals surface area (Å²) in [6.07, 6.45) is 0. The Hall–Kier alpha value is -3.39. The third kappa shape index (κ3) is 5.21. The number of nitrogens with one attached hydrogen (secondary N) is 2. The molecule has 164 valence electrons. The Morgan fingerprint density at radius 3 is 2.55 bits per heavy atom. The molecule has 0 amide bonds. The van der Waals surface area contributed by atoms with E-state index in [9.17, 15) is 9.59 Å². The molecule has 2 aromatic carbocycles. The monoisotopic (exact) mass is 425 g/mol. The molecule has 1 atom stereocenters. The molecule has 0 unspecified atom stereocenters. The van der Waals surface area contributed by atoms with Crippen LogP contribution >= 0.6 is 0 Å². The van der Waals surface area contributed by atoms with Crippen molar-refractivity contribution in [3.05, 3.63) is 63.7 Å². The number of nitrogens with zero attached hydrogens (tertiary/aromatic N) is 1. The minimum atomic E-state index is -0.474. The van der Waals surface area contributed by atoms with Crippen LogP contribution in [-0.2, 0) is 11.3 Å². The average Bonchev–Trinajstić information content (AvgIpc) is 2.78. The first kappa shape index (κ1) is 22.3. The van der Waals surface area contributed by atoms with Gasteiger partial charge in [-0.05, 0) is 56.7 Å². The van der Waals surface area contributed by atoms with Crippen LogP contribution in [0.15, 0.2) is 41.2 Å². The van der Waals surface area contributed by atoms with Gasteiger partial charge in [-0.3, -0.25) is 4.79 Å². The molecule has 8 nitrogen and oxygen atoms in total. The molecule has 0 spiro atoms. The Labute approximate surface area is 180 Å². The van der Waals surface area contributed by atoms with Crippen molar-refractivity contribution < 1.29 is 19.0 Å². The van der Waals surface area contributed by atoms with Crippen molar-refractivity contribution in [2.45, 2.75) is 33.4 Å². The molecule has 0 aliphatic rings. The Kier molecular flexibility index (Phi) is 7.25. The van der Waals surface area contributed by atoms with E-state index >= 15 is 0 Å². The summed E-state index contributed by atoms with van der Waals surface area (Å²) in [7, 11) is 1.31. The van der Waals surface area contributed by atoms with Crippen molar-refractivity contribution >= 4 is 16.9 Å². The number of rotatable bonds is 9.